The average molecular weight is 291 g/mol. The van der Waals surface area contributed by atoms with Crippen LogP contribution in [0.15, 0.2) is 12.3 Å². The number of aromatic nitrogens is 2. The maximum atomic E-state index is 4.84. The zero-order valence-electron chi connectivity index (χ0n) is 14.1. The van der Waals surface area contributed by atoms with Crippen molar-refractivity contribution in [3.63, 3.8) is 0 Å². The molecule has 0 radical (unpaired) electrons. The van der Waals surface area contributed by atoms with Crippen LogP contribution >= 0.6 is 0 Å². The lowest BCUT2D eigenvalue weighted by Gasteiger charge is -2.18. The van der Waals surface area contributed by atoms with Crippen LogP contribution < -0.4 is 5.32 Å². The maximum absolute atomic E-state index is 4.84. The second-order valence-corrected chi connectivity index (χ2v) is 7.05. The fourth-order valence-electron chi connectivity index (χ4n) is 3.27. The average Bonchev–Trinajstić information content (AvgIpc) is 3.12. The quantitative estimate of drug-likeness (QED) is 0.733. The van der Waals surface area contributed by atoms with E-state index < -0.39 is 0 Å². The lowest BCUT2D eigenvalue weighted by Crippen LogP contribution is -2.32. The molecule has 0 amide bonds. The van der Waals surface area contributed by atoms with Gasteiger partial charge in [0.15, 0.2) is 0 Å². The highest BCUT2D eigenvalue weighted by Crippen LogP contribution is 2.28. The van der Waals surface area contributed by atoms with E-state index in [2.05, 4.69) is 43.0 Å². The van der Waals surface area contributed by atoms with Crippen molar-refractivity contribution in [1.29, 1.82) is 0 Å². The molecule has 1 fully saturated rings. The molecule has 1 aliphatic rings. The molecule has 120 valence electrons. The largest absolute Gasteiger partial charge is 0.314 e. The number of nitrogens with one attached hydrogen (secondary N) is 1. The Morgan fingerprint density at radius 2 is 2.05 bits per heavy atom. The second kappa shape index (κ2) is 8.57. The van der Waals surface area contributed by atoms with Crippen molar-refractivity contribution in [1.82, 2.24) is 15.1 Å². The Labute approximate surface area is 130 Å². The number of rotatable bonds is 9. The standard InChI is InChI=1S/C18H33N3/c1-4-12-19-16(10-9-15(2)3)14-17-11-13-21(20-17)18-7-5-6-8-18/h11,13,15-16,18-19H,4-10,12,14H2,1-3H3. The molecule has 1 atom stereocenters. The molecular formula is C18H33N3. The van der Waals surface area contributed by atoms with Gasteiger partial charge in [-0.1, -0.05) is 33.6 Å². The number of hydrogen-bond acceptors (Lipinski definition) is 2. The molecule has 3 nitrogen and oxygen atoms in total. The summed E-state index contributed by atoms with van der Waals surface area (Å²) in [6.07, 6.45) is 12.4. The van der Waals surface area contributed by atoms with E-state index >= 15 is 0 Å². The van der Waals surface area contributed by atoms with E-state index in [0.29, 0.717) is 12.1 Å². The third-order valence-electron chi connectivity index (χ3n) is 4.59. The Morgan fingerprint density at radius 3 is 2.71 bits per heavy atom. The van der Waals surface area contributed by atoms with Crippen molar-refractivity contribution in [2.75, 3.05) is 6.54 Å². The zero-order chi connectivity index (χ0) is 15.1. The minimum absolute atomic E-state index is 0.583. The maximum Gasteiger partial charge on any atom is 0.0640 e. The molecule has 2 rings (SSSR count). The van der Waals surface area contributed by atoms with Gasteiger partial charge in [0.2, 0.25) is 0 Å². The van der Waals surface area contributed by atoms with Crippen LogP contribution in [0.5, 0.6) is 0 Å². The number of hydrogen-bond donors (Lipinski definition) is 1. The van der Waals surface area contributed by atoms with Crippen LogP contribution in [0.4, 0.5) is 0 Å². The Hall–Kier alpha value is -0.830. The molecule has 1 aromatic heterocycles. The van der Waals surface area contributed by atoms with Crippen LogP contribution in [0.1, 0.15) is 77.5 Å². The highest BCUT2D eigenvalue weighted by atomic mass is 15.3. The van der Waals surface area contributed by atoms with Crippen molar-refractivity contribution in [2.45, 2.75) is 84.2 Å². The van der Waals surface area contributed by atoms with Gasteiger partial charge in [-0.25, -0.2) is 0 Å². The van der Waals surface area contributed by atoms with Gasteiger partial charge in [0.05, 0.1) is 11.7 Å². The summed E-state index contributed by atoms with van der Waals surface area (Å²) in [7, 11) is 0. The summed E-state index contributed by atoms with van der Waals surface area (Å²) < 4.78 is 2.22. The van der Waals surface area contributed by atoms with Crippen LogP contribution in [0.3, 0.4) is 0 Å². The Kier molecular flexibility index (Phi) is 6.75. The van der Waals surface area contributed by atoms with Gasteiger partial charge in [0, 0.05) is 18.7 Å². The van der Waals surface area contributed by atoms with Gasteiger partial charge in [-0.05, 0) is 50.6 Å². The molecule has 0 bridgehead atoms. The molecule has 0 aliphatic heterocycles. The van der Waals surface area contributed by atoms with Gasteiger partial charge in [-0.3, -0.25) is 4.68 Å². The molecule has 1 N–H and O–H groups in total. The summed E-state index contributed by atoms with van der Waals surface area (Å²) in [4.78, 5) is 0. The van der Waals surface area contributed by atoms with Gasteiger partial charge < -0.3 is 5.32 Å². The Balaban J connectivity index is 1.88. The minimum Gasteiger partial charge on any atom is -0.314 e. The predicted molar refractivity (Wildman–Crippen MR) is 89.6 cm³/mol. The molecule has 1 unspecified atom stereocenters. The summed E-state index contributed by atoms with van der Waals surface area (Å²) in [5.74, 6) is 0.784. The minimum atomic E-state index is 0.583. The van der Waals surface area contributed by atoms with Gasteiger partial charge >= 0.3 is 0 Å². The smallest absolute Gasteiger partial charge is 0.0640 e. The van der Waals surface area contributed by atoms with Crippen molar-refractivity contribution in [3.8, 4) is 0 Å². The summed E-state index contributed by atoms with van der Waals surface area (Å²) >= 11 is 0. The summed E-state index contributed by atoms with van der Waals surface area (Å²) in [6, 6.07) is 3.48. The first-order valence-corrected chi connectivity index (χ1v) is 8.96. The van der Waals surface area contributed by atoms with E-state index in [4.69, 9.17) is 5.10 Å². The molecule has 1 aromatic rings. The zero-order valence-corrected chi connectivity index (χ0v) is 14.1. The fraction of sp³-hybridized carbons (Fsp3) is 0.833. The molecule has 0 saturated heterocycles. The molecule has 1 heterocycles. The third kappa shape index (κ3) is 5.46. The van der Waals surface area contributed by atoms with Crippen molar-refractivity contribution in [2.24, 2.45) is 5.92 Å². The Bertz CT molecular complexity index is 391. The summed E-state index contributed by atoms with van der Waals surface area (Å²) in [5.41, 5.74) is 1.26. The molecular weight excluding hydrogens is 258 g/mol. The van der Waals surface area contributed by atoms with E-state index in [1.54, 1.807) is 0 Å². The second-order valence-electron chi connectivity index (χ2n) is 7.05. The highest BCUT2D eigenvalue weighted by Gasteiger charge is 2.18. The van der Waals surface area contributed by atoms with E-state index in [0.717, 1.165) is 18.9 Å². The van der Waals surface area contributed by atoms with Crippen molar-refractivity contribution < 1.29 is 0 Å². The SMILES string of the molecule is CCCNC(CCC(C)C)Cc1ccn(C2CCCC2)n1. The van der Waals surface area contributed by atoms with E-state index in [1.807, 2.05) is 0 Å². The van der Waals surface area contributed by atoms with Crippen LogP contribution in [0, 0.1) is 5.92 Å². The molecule has 1 aliphatic carbocycles. The van der Waals surface area contributed by atoms with Crippen molar-refractivity contribution in [3.05, 3.63) is 18.0 Å². The topological polar surface area (TPSA) is 29.9 Å². The first-order chi connectivity index (χ1) is 10.2. The van der Waals surface area contributed by atoms with Crippen LogP contribution in [-0.2, 0) is 6.42 Å². The predicted octanol–water partition coefficient (Wildman–Crippen LogP) is 4.35. The van der Waals surface area contributed by atoms with Crippen LogP contribution in [0.25, 0.3) is 0 Å². The van der Waals surface area contributed by atoms with Gasteiger partial charge in [-0.2, -0.15) is 5.10 Å². The third-order valence-corrected chi connectivity index (χ3v) is 4.59. The lowest BCUT2D eigenvalue weighted by molar-refractivity contribution is 0.417. The first-order valence-electron chi connectivity index (χ1n) is 8.96. The van der Waals surface area contributed by atoms with Gasteiger partial charge in [0.25, 0.3) is 0 Å². The van der Waals surface area contributed by atoms with Crippen molar-refractivity contribution >= 4 is 0 Å². The van der Waals surface area contributed by atoms with Gasteiger partial charge in [0.1, 0.15) is 0 Å². The molecule has 3 heteroatoms. The molecule has 21 heavy (non-hydrogen) atoms. The lowest BCUT2D eigenvalue weighted by atomic mass is 10.00. The highest BCUT2D eigenvalue weighted by molar-refractivity contribution is 5.02. The number of nitrogens with zero attached hydrogens (tertiary/aromatic N) is 2. The van der Waals surface area contributed by atoms with E-state index in [9.17, 15) is 0 Å². The van der Waals surface area contributed by atoms with Crippen LogP contribution in [0.2, 0.25) is 0 Å². The van der Waals surface area contributed by atoms with E-state index in [-0.39, 0.29) is 0 Å². The monoisotopic (exact) mass is 291 g/mol. The molecule has 0 aromatic carbocycles. The van der Waals surface area contributed by atoms with E-state index in [1.165, 1.54) is 50.6 Å². The van der Waals surface area contributed by atoms with Crippen LogP contribution in [-0.4, -0.2) is 22.4 Å². The Morgan fingerprint density at radius 1 is 1.29 bits per heavy atom. The fourth-order valence-corrected chi connectivity index (χ4v) is 3.27. The summed E-state index contributed by atoms with van der Waals surface area (Å²) in [6.45, 7) is 7.98. The first kappa shape index (κ1) is 16.5. The van der Waals surface area contributed by atoms with Gasteiger partial charge in [-0.15, -0.1) is 0 Å². The summed E-state index contributed by atoms with van der Waals surface area (Å²) in [5, 5.41) is 8.55. The molecule has 1 saturated carbocycles. The molecule has 0 spiro atoms. The normalized spacial score (nSPS) is 17.7.